The van der Waals surface area contributed by atoms with Crippen molar-refractivity contribution in [2.75, 3.05) is 0 Å². The highest BCUT2D eigenvalue weighted by molar-refractivity contribution is 7.20. The predicted octanol–water partition coefficient (Wildman–Crippen LogP) is 4.64. The molecule has 0 bridgehead atoms. The van der Waals surface area contributed by atoms with E-state index in [1.807, 2.05) is 16.7 Å². The lowest BCUT2D eigenvalue weighted by atomic mass is 10.1. The zero-order valence-electron chi connectivity index (χ0n) is 14.2. The molecule has 0 spiro atoms. The number of carboxylic acids is 1. The van der Waals surface area contributed by atoms with Crippen LogP contribution in [0.3, 0.4) is 0 Å². The molecule has 0 atom stereocenters. The van der Waals surface area contributed by atoms with Crippen LogP contribution in [0, 0.1) is 0 Å². The summed E-state index contributed by atoms with van der Waals surface area (Å²) in [5.74, 6) is -1.41. The van der Waals surface area contributed by atoms with Gasteiger partial charge in [-0.25, -0.2) is 4.79 Å². The number of aromatic nitrogens is 1. The molecular formula is C19H13ClN2O4S2. The lowest BCUT2D eigenvalue weighted by Gasteiger charge is -2.11. The molecule has 4 N–H and O–H groups in total. The summed E-state index contributed by atoms with van der Waals surface area (Å²) in [5, 5.41) is 19.3. The number of benzene rings is 1. The van der Waals surface area contributed by atoms with Crippen LogP contribution in [0.4, 0.5) is 0 Å². The molecule has 0 aliphatic rings. The van der Waals surface area contributed by atoms with Gasteiger partial charge >= 0.3 is 5.97 Å². The number of nitrogens with zero attached hydrogens (tertiary/aromatic N) is 1. The average Bonchev–Trinajstić information content (AvgIpc) is 3.31. The van der Waals surface area contributed by atoms with E-state index in [1.165, 1.54) is 28.7 Å². The van der Waals surface area contributed by atoms with E-state index in [4.69, 9.17) is 17.3 Å². The zero-order valence-corrected chi connectivity index (χ0v) is 16.6. The highest BCUT2D eigenvalue weighted by atomic mass is 35.5. The van der Waals surface area contributed by atoms with Gasteiger partial charge < -0.3 is 20.5 Å². The summed E-state index contributed by atoms with van der Waals surface area (Å²) in [7, 11) is 0. The third-order valence-corrected chi connectivity index (χ3v) is 6.70. The van der Waals surface area contributed by atoms with Crippen molar-refractivity contribution < 1.29 is 19.8 Å². The molecular weight excluding hydrogens is 420 g/mol. The number of rotatable bonds is 5. The third kappa shape index (κ3) is 3.26. The number of nitrogens with two attached hydrogens (primary N) is 1. The summed E-state index contributed by atoms with van der Waals surface area (Å²) in [4.78, 5) is 24.4. The number of phenols is 1. The van der Waals surface area contributed by atoms with Gasteiger partial charge in [-0.05, 0) is 42.5 Å². The van der Waals surface area contributed by atoms with Crippen LogP contribution in [0.15, 0.2) is 42.5 Å². The molecule has 0 radical (unpaired) electrons. The van der Waals surface area contributed by atoms with Gasteiger partial charge in [-0.1, -0.05) is 11.6 Å². The molecule has 3 heterocycles. The number of hydrogen-bond donors (Lipinski definition) is 3. The largest absolute Gasteiger partial charge is 0.508 e. The number of carbonyl (C=O) groups excluding carboxylic acids is 1. The first-order valence-electron chi connectivity index (χ1n) is 8.07. The molecule has 0 saturated carbocycles. The summed E-state index contributed by atoms with van der Waals surface area (Å²) < 4.78 is 2.76. The van der Waals surface area contributed by atoms with Crippen LogP contribution < -0.4 is 5.73 Å². The molecule has 0 unspecified atom stereocenters. The first kappa shape index (κ1) is 18.5. The number of aromatic carboxylic acids is 1. The van der Waals surface area contributed by atoms with Gasteiger partial charge in [0.2, 0.25) is 0 Å². The Kier molecular flexibility index (Phi) is 4.62. The van der Waals surface area contributed by atoms with Crippen LogP contribution >= 0.6 is 34.3 Å². The molecule has 6 nitrogen and oxygen atoms in total. The molecule has 3 aromatic heterocycles. The van der Waals surface area contributed by atoms with Gasteiger partial charge in [-0.3, -0.25) is 4.79 Å². The number of halogens is 1. The second kappa shape index (κ2) is 6.97. The Morgan fingerprint density at radius 3 is 2.50 bits per heavy atom. The maximum Gasteiger partial charge on any atom is 0.345 e. The highest BCUT2D eigenvalue weighted by Crippen LogP contribution is 2.38. The Labute approximate surface area is 172 Å². The fraction of sp³-hybridized carbons (Fsp3) is 0.0526. The lowest BCUT2D eigenvalue weighted by molar-refractivity contribution is 0.0702. The number of phenolic OH excluding ortho intramolecular Hbond substituents is 1. The Morgan fingerprint density at radius 1 is 1.07 bits per heavy atom. The fourth-order valence-electron chi connectivity index (χ4n) is 3.00. The van der Waals surface area contributed by atoms with Crippen molar-refractivity contribution in [3.8, 4) is 17.0 Å². The first-order chi connectivity index (χ1) is 13.3. The smallest absolute Gasteiger partial charge is 0.345 e. The Morgan fingerprint density at radius 2 is 1.86 bits per heavy atom. The van der Waals surface area contributed by atoms with Crippen LogP contribution in [-0.2, 0) is 6.54 Å². The molecule has 0 aliphatic heterocycles. The molecule has 0 fully saturated rings. The van der Waals surface area contributed by atoms with Crippen molar-refractivity contribution in [1.82, 2.24) is 4.57 Å². The standard InChI is InChI=1S/C19H13ClN2O4S2/c20-12-5-9(23)1-3-11(12)13-6-16-14(7-17(28-16)19(25)26)22(13)8-10-2-4-15(27-10)18(21)24/h1-7,23H,8H2,(H2,21,24)(H,25,26). The van der Waals surface area contributed by atoms with E-state index in [-0.39, 0.29) is 10.6 Å². The highest BCUT2D eigenvalue weighted by Gasteiger charge is 2.19. The van der Waals surface area contributed by atoms with Gasteiger partial charge in [0.15, 0.2) is 0 Å². The van der Waals surface area contributed by atoms with E-state index in [2.05, 4.69) is 0 Å². The summed E-state index contributed by atoms with van der Waals surface area (Å²) in [6.45, 7) is 0.420. The molecule has 28 heavy (non-hydrogen) atoms. The summed E-state index contributed by atoms with van der Waals surface area (Å²) in [6, 6.07) is 11.7. The quantitative estimate of drug-likeness (QED) is 0.427. The van der Waals surface area contributed by atoms with E-state index >= 15 is 0 Å². The second-order valence-electron chi connectivity index (χ2n) is 6.08. The second-order valence-corrected chi connectivity index (χ2v) is 8.73. The van der Waals surface area contributed by atoms with Gasteiger partial charge in [-0.15, -0.1) is 22.7 Å². The monoisotopic (exact) mass is 432 g/mol. The molecule has 4 rings (SSSR count). The minimum Gasteiger partial charge on any atom is -0.508 e. The van der Waals surface area contributed by atoms with E-state index < -0.39 is 11.9 Å². The number of thiophene rings is 2. The van der Waals surface area contributed by atoms with E-state index in [9.17, 15) is 19.8 Å². The van der Waals surface area contributed by atoms with E-state index in [0.717, 1.165) is 20.8 Å². The molecule has 0 saturated heterocycles. The Bertz CT molecular complexity index is 1240. The number of amides is 1. The van der Waals surface area contributed by atoms with Crippen LogP contribution in [0.5, 0.6) is 5.75 Å². The van der Waals surface area contributed by atoms with E-state index in [1.54, 1.807) is 24.3 Å². The van der Waals surface area contributed by atoms with Gasteiger partial charge in [0.1, 0.15) is 10.6 Å². The normalized spacial score (nSPS) is 11.2. The topological polar surface area (TPSA) is 106 Å². The van der Waals surface area contributed by atoms with Crippen molar-refractivity contribution in [1.29, 1.82) is 0 Å². The average molecular weight is 433 g/mol. The van der Waals surface area contributed by atoms with Crippen LogP contribution in [0.2, 0.25) is 5.02 Å². The summed E-state index contributed by atoms with van der Waals surface area (Å²) in [6.07, 6.45) is 0. The minimum absolute atomic E-state index is 0.0613. The number of carbonyl (C=O) groups is 2. The maximum absolute atomic E-state index is 11.4. The molecule has 4 aromatic rings. The summed E-state index contributed by atoms with van der Waals surface area (Å²) in [5.41, 5.74) is 7.61. The van der Waals surface area contributed by atoms with Crippen molar-refractivity contribution in [2.24, 2.45) is 5.73 Å². The molecule has 1 aromatic carbocycles. The van der Waals surface area contributed by atoms with Crippen molar-refractivity contribution >= 4 is 56.4 Å². The number of primary amides is 1. The van der Waals surface area contributed by atoms with Gasteiger partial charge in [-0.2, -0.15) is 0 Å². The van der Waals surface area contributed by atoms with Crippen LogP contribution in [0.25, 0.3) is 21.5 Å². The Balaban J connectivity index is 1.88. The number of fused-ring (bicyclic) bond motifs is 1. The van der Waals surface area contributed by atoms with Crippen LogP contribution in [0.1, 0.15) is 24.2 Å². The zero-order chi connectivity index (χ0) is 20.0. The first-order valence-corrected chi connectivity index (χ1v) is 10.1. The van der Waals surface area contributed by atoms with Gasteiger partial charge in [0, 0.05) is 10.4 Å². The SMILES string of the molecule is NC(=O)c1ccc(Cn2c(-c3ccc(O)cc3Cl)cc3sc(C(=O)O)cc32)s1. The minimum atomic E-state index is -0.982. The van der Waals surface area contributed by atoms with Crippen LogP contribution in [-0.4, -0.2) is 26.7 Å². The van der Waals surface area contributed by atoms with Crippen molar-refractivity contribution in [3.63, 3.8) is 0 Å². The molecule has 0 aliphatic carbocycles. The number of hydrogen-bond acceptors (Lipinski definition) is 5. The van der Waals surface area contributed by atoms with E-state index in [0.29, 0.717) is 22.0 Å². The van der Waals surface area contributed by atoms with Gasteiger partial charge in [0.25, 0.3) is 5.91 Å². The molecule has 142 valence electrons. The van der Waals surface area contributed by atoms with Crippen molar-refractivity contribution in [2.45, 2.75) is 6.54 Å². The lowest BCUT2D eigenvalue weighted by Crippen LogP contribution is -2.08. The number of carboxylic acid groups (broad SMARTS) is 1. The Hall–Kier alpha value is -2.81. The third-order valence-electron chi connectivity index (χ3n) is 4.25. The number of aromatic hydroxyl groups is 1. The fourth-order valence-corrected chi connectivity index (χ4v) is 5.06. The predicted molar refractivity (Wildman–Crippen MR) is 111 cm³/mol. The summed E-state index contributed by atoms with van der Waals surface area (Å²) >= 11 is 8.81. The maximum atomic E-state index is 11.4. The molecule has 9 heteroatoms. The van der Waals surface area contributed by atoms with Crippen molar-refractivity contribution in [3.05, 3.63) is 62.1 Å². The van der Waals surface area contributed by atoms with Gasteiger partial charge in [0.05, 0.1) is 32.4 Å². The molecule has 1 amide bonds.